The second-order valence-electron chi connectivity index (χ2n) is 8.37. The summed E-state index contributed by atoms with van der Waals surface area (Å²) in [5, 5.41) is 4.61. The lowest BCUT2D eigenvalue weighted by atomic mass is 10.0. The Morgan fingerprint density at radius 3 is 2.61 bits per heavy atom. The average molecular weight is 469 g/mol. The lowest BCUT2D eigenvalue weighted by Crippen LogP contribution is -2.55. The summed E-state index contributed by atoms with van der Waals surface area (Å²) < 4.78 is 5.46. The van der Waals surface area contributed by atoms with Gasteiger partial charge in [0.25, 0.3) is 0 Å². The third-order valence-corrected chi connectivity index (χ3v) is 6.33. The van der Waals surface area contributed by atoms with Crippen molar-refractivity contribution < 1.29 is 14.3 Å². The van der Waals surface area contributed by atoms with Crippen molar-refractivity contribution in [2.24, 2.45) is 0 Å². The molecule has 2 aromatic carbocycles. The molecule has 0 saturated carbocycles. The van der Waals surface area contributed by atoms with E-state index in [1.54, 1.807) is 7.11 Å². The molecule has 0 spiro atoms. The number of aromatic nitrogens is 1. The fraction of sp³-hybridized carbons (Fsp3) is 0.360. The predicted octanol–water partition coefficient (Wildman–Crippen LogP) is 3.22. The van der Waals surface area contributed by atoms with E-state index in [1.807, 2.05) is 53.6 Å². The molecule has 0 aliphatic carbocycles. The number of ether oxygens (including phenoxy) is 1. The maximum atomic E-state index is 13.4. The summed E-state index contributed by atoms with van der Waals surface area (Å²) in [5.74, 6) is 0.553. The highest BCUT2D eigenvalue weighted by molar-refractivity contribution is 6.30. The molecule has 2 heterocycles. The van der Waals surface area contributed by atoms with E-state index < -0.39 is 6.04 Å². The minimum Gasteiger partial charge on any atom is -0.496 e. The van der Waals surface area contributed by atoms with Gasteiger partial charge in [-0.05, 0) is 29.8 Å². The van der Waals surface area contributed by atoms with Gasteiger partial charge in [-0.1, -0.05) is 29.8 Å². The van der Waals surface area contributed by atoms with Gasteiger partial charge >= 0.3 is 0 Å². The van der Waals surface area contributed by atoms with Crippen LogP contribution in [0.1, 0.15) is 18.1 Å². The number of hydrogen-bond donors (Lipinski definition) is 2. The zero-order valence-electron chi connectivity index (χ0n) is 18.9. The Morgan fingerprint density at radius 1 is 1.12 bits per heavy atom. The Bertz CT molecular complexity index is 1140. The van der Waals surface area contributed by atoms with Gasteiger partial charge in [-0.3, -0.25) is 14.5 Å². The third kappa shape index (κ3) is 5.49. The van der Waals surface area contributed by atoms with Crippen molar-refractivity contribution >= 4 is 34.3 Å². The Hall–Kier alpha value is -3.03. The van der Waals surface area contributed by atoms with Gasteiger partial charge < -0.3 is 19.9 Å². The molecule has 2 amide bonds. The second-order valence-corrected chi connectivity index (χ2v) is 8.81. The van der Waals surface area contributed by atoms with E-state index >= 15 is 0 Å². The molecule has 1 unspecified atom stereocenters. The number of methoxy groups -OCH3 is 1. The van der Waals surface area contributed by atoms with Gasteiger partial charge in [0.15, 0.2) is 0 Å². The quantitative estimate of drug-likeness (QED) is 0.558. The summed E-state index contributed by atoms with van der Waals surface area (Å²) in [6.45, 7) is 4.84. The molecule has 1 aliphatic rings. The molecule has 174 valence electrons. The fourth-order valence-corrected chi connectivity index (χ4v) is 4.62. The van der Waals surface area contributed by atoms with Crippen molar-refractivity contribution in [1.29, 1.82) is 0 Å². The van der Waals surface area contributed by atoms with Crippen LogP contribution in [0.3, 0.4) is 0 Å². The van der Waals surface area contributed by atoms with Crippen LogP contribution in [0, 0.1) is 0 Å². The van der Waals surface area contributed by atoms with Crippen LogP contribution in [0.5, 0.6) is 5.75 Å². The molecule has 4 rings (SSSR count). The molecule has 3 aromatic rings. The summed E-state index contributed by atoms with van der Waals surface area (Å²) in [5.41, 5.74) is 3.07. The molecule has 0 bridgehead atoms. The minimum atomic E-state index is -0.596. The number of halogens is 1. The highest BCUT2D eigenvalue weighted by Gasteiger charge is 2.29. The number of para-hydroxylation sites is 1. The van der Waals surface area contributed by atoms with Crippen LogP contribution in [0.4, 0.5) is 0 Å². The number of carbonyl (C=O) groups is 2. The number of fused-ring (bicyclic) bond motifs is 1. The van der Waals surface area contributed by atoms with E-state index in [4.69, 9.17) is 16.3 Å². The number of benzene rings is 2. The molecule has 33 heavy (non-hydrogen) atoms. The van der Waals surface area contributed by atoms with Gasteiger partial charge in [-0.2, -0.15) is 0 Å². The van der Waals surface area contributed by atoms with Crippen molar-refractivity contribution in [3.63, 3.8) is 0 Å². The number of nitrogens with one attached hydrogen (secondary N) is 2. The molecular weight excluding hydrogens is 440 g/mol. The number of piperazine rings is 1. The van der Waals surface area contributed by atoms with Gasteiger partial charge in [0.2, 0.25) is 11.8 Å². The summed E-state index contributed by atoms with van der Waals surface area (Å²) in [6.07, 6.45) is 2.37. The standard InChI is InChI=1S/C25H29ClN4O3/c1-17(31)28-23(14-18-15-27-22-6-4-3-5-21(18)22)25(32)30-11-9-29(10-12-30)16-19-13-20(26)7-8-24(19)33-2/h3-8,13,15,23,27H,9-12,14,16H2,1-2H3,(H,28,31). The number of rotatable bonds is 7. The first kappa shape index (κ1) is 23.1. The SMILES string of the molecule is COc1ccc(Cl)cc1CN1CCN(C(=O)C(Cc2c[nH]c3ccccc23)NC(C)=O)CC1. The van der Waals surface area contributed by atoms with Crippen molar-refractivity contribution in [1.82, 2.24) is 20.1 Å². The maximum Gasteiger partial charge on any atom is 0.245 e. The monoisotopic (exact) mass is 468 g/mol. The van der Waals surface area contributed by atoms with Crippen LogP contribution in [0.25, 0.3) is 10.9 Å². The van der Waals surface area contributed by atoms with E-state index in [1.165, 1.54) is 6.92 Å². The third-order valence-electron chi connectivity index (χ3n) is 6.09. The fourth-order valence-electron chi connectivity index (χ4n) is 4.42. The highest BCUT2D eigenvalue weighted by Crippen LogP contribution is 2.25. The molecule has 0 radical (unpaired) electrons. The Morgan fingerprint density at radius 2 is 1.88 bits per heavy atom. The smallest absolute Gasteiger partial charge is 0.245 e. The Kier molecular flexibility index (Phi) is 7.20. The molecule has 1 atom stereocenters. The van der Waals surface area contributed by atoms with Crippen molar-refractivity contribution in [2.45, 2.75) is 25.9 Å². The summed E-state index contributed by atoms with van der Waals surface area (Å²) >= 11 is 6.16. The Balaban J connectivity index is 1.41. The van der Waals surface area contributed by atoms with E-state index in [2.05, 4.69) is 15.2 Å². The topological polar surface area (TPSA) is 77.7 Å². The maximum absolute atomic E-state index is 13.4. The summed E-state index contributed by atoms with van der Waals surface area (Å²) in [7, 11) is 1.65. The van der Waals surface area contributed by atoms with Crippen molar-refractivity contribution in [2.75, 3.05) is 33.3 Å². The number of amides is 2. The normalized spacial score (nSPS) is 15.4. The van der Waals surface area contributed by atoms with Gasteiger partial charge in [-0.15, -0.1) is 0 Å². The molecule has 7 nitrogen and oxygen atoms in total. The minimum absolute atomic E-state index is 0.0459. The van der Waals surface area contributed by atoms with E-state index in [0.29, 0.717) is 31.1 Å². The van der Waals surface area contributed by atoms with Gasteiger partial charge in [0.05, 0.1) is 7.11 Å². The Labute approximate surface area is 198 Å². The molecule has 1 saturated heterocycles. The van der Waals surface area contributed by atoms with Crippen LogP contribution in [-0.4, -0.2) is 65.9 Å². The molecule has 2 N–H and O–H groups in total. The highest BCUT2D eigenvalue weighted by atomic mass is 35.5. The van der Waals surface area contributed by atoms with Gasteiger partial charge in [0, 0.05) is 73.8 Å². The molecule has 1 aliphatic heterocycles. The second kappa shape index (κ2) is 10.3. The molecule has 1 fully saturated rings. The summed E-state index contributed by atoms with van der Waals surface area (Å²) in [4.78, 5) is 32.6. The number of hydrogen-bond acceptors (Lipinski definition) is 4. The first-order chi connectivity index (χ1) is 15.9. The van der Waals surface area contributed by atoms with E-state index in [0.717, 1.165) is 40.9 Å². The van der Waals surface area contributed by atoms with Crippen LogP contribution in [-0.2, 0) is 22.6 Å². The zero-order valence-corrected chi connectivity index (χ0v) is 19.7. The first-order valence-corrected chi connectivity index (χ1v) is 11.5. The van der Waals surface area contributed by atoms with Crippen LogP contribution < -0.4 is 10.1 Å². The molecular formula is C25H29ClN4O3. The number of carbonyl (C=O) groups excluding carboxylic acids is 2. The predicted molar refractivity (Wildman–Crippen MR) is 129 cm³/mol. The van der Waals surface area contributed by atoms with E-state index in [9.17, 15) is 9.59 Å². The van der Waals surface area contributed by atoms with Gasteiger partial charge in [0.1, 0.15) is 11.8 Å². The van der Waals surface area contributed by atoms with E-state index in [-0.39, 0.29) is 11.8 Å². The largest absolute Gasteiger partial charge is 0.496 e. The number of aromatic amines is 1. The molecule has 8 heteroatoms. The van der Waals surface area contributed by atoms with Crippen molar-refractivity contribution in [3.05, 3.63) is 64.8 Å². The summed E-state index contributed by atoms with van der Waals surface area (Å²) in [6, 6.07) is 13.0. The number of nitrogens with zero attached hydrogens (tertiary/aromatic N) is 2. The molecule has 1 aromatic heterocycles. The lowest BCUT2D eigenvalue weighted by Gasteiger charge is -2.36. The average Bonchev–Trinajstić information content (AvgIpc) is 3.21. The lowest BCUT2D eigenvalue weighted by molar-refractivity contribution is -0.137. The van der Waals surface area contributed by atoms with Crippen LogP contribution in [0.2, 0.25) is 5.02 Å². The van der Waals surface area contributed by atoms with Crippen molar-refractivity contribution in [3.8, 4) is 5.75 Å². The zero-order chi connectivity index (χ0) is 23.4. The van der Waals surface area contributed by atoms with Crippen LogP contribution in [0.15, 0.2) is 48.7 Å². The van der Waals surface area contributed by atoms with Crippen LogP contribution >= 0.6 is 11.6 Å². The first-order valence-electron chi connectivity index (χ1n) is 11.1. The number of H-pyrrole nitrogens is 1. The van der Waals surface area contributed by atoms with Gasteiger partial charge in [-0.25, -0.2) is 0 Å².